The van der Waals surface area contributed by atoms with Crippen LogP contribution in [0.25, 0.3) is 0 Å². The van der Waals surface area contributed by atoms with E-state index in [9.17, 15) is 14.7 Å². The van der Waals surface area contributed by atoms with Crippen molar-refractivity contribution < 1.29 is 14.7 Å². The topological polar surface area (TPSA) is 66.4 Å². The minimum Gasteiger partial charge on any atom is -0.481 e. The highest BCUT2D eigenvalue weighted by molar-refractivity contribution is 5.76. The van der Waals surface area contributed by atoms with E-state index in [1.165, 1.54) is 32.1 Å². The molecular weight excluding hydrogens is 254 g/mol. The van der Waals surface area contributed by atoms with Gasteiger partial charge in [-0.15, -0.1) is 0 Å². The molecule has 2 N–H and O–H groups in total. The Bertz CT molecular complexity index is 337. The van der Waals surface area contributed by atoms with Crippen molar-refractivity contribution in [2.24, 2.45) is 17.8 Å². The van der Waals surface area contributed by atoms with Crippen LogP contribution >= 0.6 is 0 Å². The molecule has 2 saturated carbocycles. The molecule has 2 aliphatic carbocycles. The van der Waals surface area contributed by atoms with Crippen molar-refractivity contribution in [3.63, 3.8) is 0 Å². The van der Waals surface area contributed by atoms with Gasteiger partial charge in [0.1, 0.15) is 0 Å². The second-order valence-electron chi connectivity index (χ2n) is 6.50. The van der Waals surface area contributed by atoms with Gasteiger partial charge in [-0.2, -0.15) is 0 Å². The standard InChI is InChI=1S/C16H27NO3/c18-15(10-12-6-2-1-3-7-12)17-11-13-8-4-5-9-14(13)16(19)20/h12-14H,1-11H2,(H,17,18)(H,19,20)/t13-,14-/m0/s1. The van der Waals surface area contributed by atoms with E-state index in [1.807, 2.05) is 0 Å². The second-order valence-corrected chi connectivity index (χ2v) is 6.50. The summed E-state index contributed by atoms with van der Waals surface area (Å²) in [7, 11) is 0. The molecule has 20 heavy (non-hydrogen) atoms. The average Bonchev–Trinajstić information content (AvgIpc) is 2.46. The number of aliphatic carboxylic acids is 1. The smallest absolute Gasteiger partial charge is 0.306 e. The maximum Gasteiger partial charge on any atom is 0.306 e. The number of carbonyl (C=O) groups excluding carboxylic acids is 1. The Morgan fingerprint density at radius 3 is 2.30 bits per heavy atom. The lowest BCUT2D eigenvalue weighted by Crippen LogP contribution is -2.37. The van der Waals surface area contributed by atoms with Gasteiger partial charge in [-0.1, -0.05) is 32.1 Å². The van der Waals surface area contributed by atoms with Gasteiger partial charge in [-0.05, 0) is 37.5 Å². The fraction of sp³-hybridized carbons (Fsp3) is 0.875. The number of nitrogens with one attached hydrogen (secondary N) is 1. The minimum absolute atomic E-state index is 0.117. The van der Waals surface area contributed by atoms with Crippen LogP contribution < -0.4 is 5.32 Å². The van der Waals surface area contributed by atoms with E-state index >= 15 is 0 Å². The van der Waals surface area contributed by atoms with Gasteiger partial charge >= 0.3 is 5.97 Å². The Labute approximate surface area is 121 Å². The maximum absolute atomic E-state index is 12.0. The SMILES string of the molecule is O=C(CC1CCCCC1)NC[C@@H]1CCCC[C@@H]1C(=O)O. The molecule has 2 aliphatic rings. The summed E-state index contributed by atoms with van der Waals surface area (Å²) in [6.07, 6.45) is 10.6. The first kappa shape index (κ1) is 15.3. The summed E-state index contributed by atoms with van der Waals surface area (Å²) in [5.74, 6) is -0.177. The van der Waals surface area contributed by atoms with Crippen LogP contribution in [-0.4, -0.2) is 23.5 Å². The Kier molecular flexibility index (Phi) is 5.86. The Morgan fingerprint density at radius 1 is 0.950 bits per heavy atom. The van der Waals surface area contributed by atoms with Crippen molar-refractivity contribution in [2.45, 2.75) is 64.2 Å². The molecule has 0 aromatic carbocycles. The summed E-state index contributed by atoms with van der Waals surface area (Å²) >= 11 is 0. The van der Waals surface area contributed by atoms with Crippen LogP contribution in [0.3, 0.4) is 0 Å². The molecule has 0 heterocycles. The normalized spacial score (nSPS) is 28.0. The third-order valence-corrected chi connectivity index (χ3v) is 4.99. The van der Waals surface area contributed by atoms with Gasteiger partial charge in [0.15, 0.2) is 0 Å². The zero-order chi connectivity index (χ0) is 14.4. The number of rotatable bonds is 5. The van der Waals surface area contributed by atoms with E-state index in [2.05, 4.69) is 5.32 Å². The van der Waals surface area contributed by atoms with Crippen LogP contribution in [0.4, 0.5) is 0 Å². The molecule has 0 radical (unpaired) electrons. The molecule has 0 bridgehead atoms. The zero-order valence-corrected chi connectivity index (χ0v) is 12.3. The minimum atomic E-state index is -0.698. The van der Waals surface area contributed by atoms with E-state index in [4.69, 9.17) is 0 Å². The summed E-state index contributed by atoms with van der Waals surface area (Å²) in [5.41, 5.74) is 0. The van der Waals surface area contributed by atoms with E-state index in [1.54, 1.807) is 0 Å². The van der Waals surface area contributed by atoms with Gasteiger partial charge < -0.3 is 10.4 Å². The summed E-state index contributed by atoms with van der Waals surface area (Å²) in [6.45, 7) is 0.544. The molecule has 2 atom stereocenters. The summed E-state index contributed by atoms with van der Waals surface area (Å²) in [6, 6.07) is 0. The third kappa shape index (κ3) is 4.50. The quantitative estimate of drug-likeness (QED) is 0.814. The second kappa shape index (κ2) is 7.65. The zero-order valence-electron chi connectivity index (χ0n) is 12.3. The third-order valence-electron chi connectivity index (χ3n) is 4.99. The molecule has 0 unspecified atom stereocenters. The van der Waals surface area contributed by atoms with Gasteiger partial charge in [0.05, 0.1) is 5.92 Å². The van der Waals surface area contributed by atoms with Gasteiger partial charge in [-0.3, -0.25) is 9.59 Å². The van der Waals surface area contributed by atoms with Crippen LogP contribution in [0.1, 0.15) is 64.2 Å². The van der Waals surface area contributed by atoms with E-state index in [0.29, 0.717) is 18.9 Å². The van der Waals surface area contributed by atoms with E-state index in [0.717, 1.165) is 25.7 Å². The first-order chi connectivity index (χ1) is 9.66. The highest BCUT2D eigenvalue weighted by atomic mass is 16.4. The largest absolute Gasteiger partial charge is 0.481 e. The molecule has 1 amide bonds. The molecule has 0 aromatic heterocycles. The van der Waals surface area contributed by atoms with Gasteiger partial charge in [0.25, 0.3) is 0 Å². The molecule has 2 fully saturated rings. The monoisotopic (exact) mass is 281 g/mol. The Hall–Kier alpha value is -1.06. The lowest BCUT2D eigenvalue weighted by Gasteiger charge is -2.29. The molecule has 4 heteroatoms. The van der Waals surface area contributed by atoms with Gasteiger partial charge in [0, 0.05) is 13.0 Å². The van der Waals surface area contributed by atoms with Crippen LogP contribution in [0.2, 0.25) is 0 Å². The summed E-state index contributed by atoms with van der Waals surface area (Å²) in [4.78, 5) is 23.2. The predicted octanol–water partition coefficient (Wildman–Crippen LogP) is 2.96. The number of carboxylic acids is 1. The van der Waals surface area contributed by atoms with Crippen molar-refractivity contribution in [3.8, 4) is 0 Å². The maximum atomic E-state index is 12.0. The molecular formula is C16H27NO3. The van der Waals surface area contributed by atoms with Crippen molar-refractivity contribution in [1.29, 1.82) is 0 Å². The van der Waals surface area contributed by atoms with Crippen LogP contribution in [0.15, 0.2) is 0 Å². The van der Waals surface area contributed by atoms with Gasteiger partial charge in [0.2, 0.25) is 5.91 Å². The number of carbonyl (C=O) groups is 2. The first-order valence-corrected chi connectivity index (χ1v) is 8.16. The molecule has 2 rings (SSSR count). The van der Waals surface area contributed by atoms with E-state index in [-0.39, 0.29) is 17.7 Å². The van der Waals surface area contributed by atoms with Crippen molar-refractivity contribution in [1.82, 2.24) is 5.32 Å². The number of carboxylic acid groups (broad SMARTS) is 1. The lowest BCUT2D eigenvalue weighted by atomic mass is 9.79. The highest BCUT2D eigenvalue weighted by Crippen LogP contribution is 2.30. The molecule has 0 saturated heterocycles. The van der Waals surface area contributed by atoms with Gasteiger partial charge in [-0.25, -0.2) is 0 Å². The summed E-state index contributed by atoms with van der Waals surface area (Å²) < 4.78 is 0. The summed E-state index contributed by atoms with van der Waals surface area (Å²) in [5, 5.41) is 12.2. The number of amides is 1. The molecule has 0 aromatic rings. The van der Waals surface area contributed by atoms with Crippen molar-refractivity contribution in [3.05, 3.63) is 0 Å². The predicted molar refractivity (Wildman–Crippen MR) is 77.3 cm³/mol. The van der Waals surface area contributed by atoms with E-state index < -0.39 is 5.97 Å². The highest BCUT2D eigenvalue weighted by Gasteiger charge is 2.30. The molecule has 0 spiro atoms. The average molecular weight is 281 g/mol. The van der Waals surface area contributed by atoms with Crippen LogP contribution in [0, 0.1) is 17.8 Å². The van der Waals surface area contributed by atoms with Crippen molar-refractivity contribution in [2.75, 3.05) is 6.54 Å². The molecule has 0 aliphatic heterocycles. The van der Waals surface area contributed by atoms with Crippen LogP contribution in [0.5, 0.6) is 0 Å². The fourth-order valence-electron chi connectivity index (χ4n) is 3.75. The Morgan fingerprint density at radius 2 is 1.60 bits per heavy atom. The fourth-order valence-corrected chi connectivity index (χ4v) is 3.75. The lowest BCUT2D eigenvalue weighted by molar-refractivity contribution is -0.145. The van der Waals surface area contributed by atoms with Crippen molar-refractivity contribution >= 4 is 11.9 Å². The number of hydrogen-bond acceptors (Lipinski definition) is 2. The first-order valence-electron chi connectivity index (χ1n) is 8.16. The molecule has 4 nitrogen and oxygen atoms in total. The number of hydrogen-bond donors (Lipinski definition) is 2. The van der Waals surface area contributed by atoms with Crippen LogP contribution in [-0.2, 0) is 9.59 Å². The Balaban J connectivity index is 1.72. The molecule has 114 valence electrons.